The van der Waals surface area contributed by atoms with E-state index in [2.05, 4.69) is 4.74 Å². The van der Waals surface area contributed by atoms with Crippen LogP contribution in [-0.2, 0) is 14.3 Å². The molecule has 0 aromatic heterocycles. The minimum absolute atomic E-state index is 0.151. The molecule has 0 radical (unpaired) electrons. The molecule has 0 bridgehead atoms. The van der Waals surface area contributed by atoms with Gasteiger partial charge in [0.1, 0.15) is 0 Å². The lowest BCUT2D eigenvalue weighted by Gasteiger charge is -2.04. The maximum Gasteiger partial charge on any atom is 0.305 e. The van der Waals surface area contributed by atoms with Gasteiger partial charge in [0.15, 0.2) is 5.78 Å². The van der Waals surface area contributed by atoms with Crippen LogP contribution in [0.15, 0.2) is 11.1 Å². The number of carbonyl (C=O) groups excluding carboxylic acids is 2. The number of ether oxygens (including phenoxy) is 1. The monoisotopic (exact) mass is 224 g/mol. The molecule has 0 spiro atoms. The third-order valence-electron chi connectivity index (χ3n) is 3.09. The molecule has 1 fully saturated rings. The van der Waals surface area contributed by atoms with Crippen LogP contribution in [0, 0.1) is 0 Å². The predicted molar refractivity (Wildman–Crippen MR) is 62.0 cm³/mol. The molecule has 0 aromatic rings. The second kappa shape index (κ2) is 6.46. The van der Waals surface area contributed by atoms with Crippen LogP contribution in [-0.4, -0.2) is 18.9 Å². The third kappa shape index (κ3) is 3.80. The van der Waals surface area contributed by atoms with E-state index in [1.165, 1.54) is 12.7 Å². The Kier molecular flexibility index (Phi) is 5.23. The van der Waals surface area contributed by atoms with Crippen molar-refractivity contribution in [3.05, 3.63) is 11.1 Å². The normalized spacial score (nSPS) is 18.8. The Bertz CT molecular complexity index is 302. The standard InChI is InChI=1S/C13H20O3/c1-10(11-7-5-8-12(11)14)6-3-4-9-13(15)16-2/h3-9H2,1-2H3. The van der Waals surface area contributed by atoms with E-state index < -0.39 is 0 Å². The number of carbonyl (C=O) groups is 2. The SMILES string of the molecule is COC(=O)CCCCC(C)=C1CCCC1=O. The number of esters is 1. The number of hydrogen-bond acceptors (Lipinski definition) is 3. The molecule has 1 aliphatic rings. The summed E-state index contributed by atoms with van der Waals surface area (Å²) in [4.78, 5) is 22.3. The summed E-state index contributed by atoms with van der Waals surface area (Å²) < 4.78 is 4.57. The minimum Gasteiger partial charge on any atom is -0.469 e. The van der Waals surface area contributed by atoms with Gasteiger partial charge in [-0.05, 0) is 44.6 Å². The summed E-state index contributed by atoms with van der Waals surface area (Å²) >= 11 is 0. The van der Waals surface area contributed by atoms with Gasteiger partial charge >= 0.3 is 5.97 Å². The highest BCUT2D eigenvalue weighted by atomic mass is 16.5. The highest BCUT2D eigenvalue weighted by Crippen LogP contribution is 2.26. The van der Waals surface area contributed by atoms with E-state index in [1.807, 2.05) is 6.92 Å². The number of Topliss-reactive ketones (excluding diaryl/α,β-unsaturated/α-hetero) is 1. The molecule has 0 atom stereocenters. The molecule has 3 heteroatoms. The van der Waals surface area contributed by atoms with Crippen LogP contribution in [0.4, 0.5) is 0 Å². The van der Waals surface area contributed by atoms with Crippen LogP contribution in [0.3, 0.4) is 0 Å². The molecule has 0 aromatic carbocycles. The molecule has 1 saturated carbocycles. The Balaban J connectivity index is 2.27. The smallest absolute Gasteiger partial charge is 0.305 e. The molecule has 0 heterocycles. The summed E-state index contributed by atoms with van der Waals surface area (Å²) in [5.74, 6) is 0.174. The number of methoxy groups -OCH3 is 1. The number of rotatable bonds is 5. The van der Waals surface area contributed by atoms with Crippen molar-refractivity contribution in [3.8, 4) is 0 Å². The van der Waals surface area contributed by atoms with Crippen molar-refractivity contribution in [1.29, 1.82) is 0 Å². The first kappa shape index (κ1) is 12.9. The molecular formula is C13H20O3. The van der Waals surface area contributed by atoms with E-state index in [1.54, 1.807) is 0 Å². The van der Waals surface area contributed by atoms with Gasteiger partial charge in [-0.1, -0.05) is 5.57 Å². The first-order valence-corrected chi connectivity index (χ1v) is 5.93. The molecule has 0 N–H and O–H groups in total. The van der Waals surface area contributed by atoms with Crippen molar-refractivity contribution >= 4 is 11.8 Å². The average Bonchev–Trinajstić information content (AvgIpc) is 2.70. The summed E-state index contributed by atoms with van der Waals surface area (Å²) in [6.45, 7) is 2.04. The van der Waals surface area contributed by atoms with Gasteiger partial charge in [0, 0.05) is 12.8 Å². The van der Waals surface area contributed by atoms with Crippen LogP contribution in [0.5, 0.6) is 0 Å². The van der Waals surface area contributed by atoms with Gasteiger partial charge in [0.2, 0.25) is 0 Å². The molecule has 1 rings (SSSR count). The van der Waals surface area contributed by atoms with E-state index in [4.69, 9.17) is 0 Å². The van der Waals surface area contributed by atoms with E-state index >= 15 is 0 Å². The van der Waals surface area contributed by atoms with Gasteiger partial charge in [-0.2, -0.15) is 0 Å². The lowest BCUT2D eigenvalue weighted by Crippen LogP contribution is -2.00. The Hall–Kier alpha value is -1.12. The van der Waals surface area contributed by atoms with E-state index in [0.717, 1.165) is 44.1 Å². The zero-order valence-electron chi connectivity index (χ0n) is 10.2. The van der Waals surface area contributed by atoms with Crippen molar-refractivity contribution in [1.82, 2.24) is 0 Å². The Morgan fingerprint density at radius 3 is 2.50 bits per heavy atom. The van der Waals surface area contributed by atoms with Crippen LogP contribution >= 0.6 is 0 Å². The van der Waals surface area contributed by atoms with Gasteiger partial charge in [0.05, 0.1) is 7.11 Å². The molecule has 90 valence electrons. The van der Waals surface area contributed by atoms with Crippen LogP contribution in [0.1, 0.15) is 51.9 Å². The second-order valence-electron chi connectivity index (χ2n) is 4.32. The number of allylic oxidation sites excluding steroid dienone is 2. The molecule has 0 unspecified atom stereocenters. The zero-order chi connectivity index (χ0) is 12.0. The van der Waals surface area contributed by atoms with E-state index in [-0.39, 0.29) is 5.97 Å². The number of unbranched alkanes of at least 4 members (excludes halogenated alkanes) is 1. The highest BCUT2D eigenvalue weighted by Gasteiger charge is 2.18. The molecule has 16 heavy (non-hydrogen) atoms. The largest absolute Gasteiger partial charge is 0.469 e. The lowest BCUT2D eigenvalue weighted by atomic mass is 10.0. The number of hydrogen-bond donors (Lipinski definition) is 0. The van der Waals surface area contributed by atoms with Crippen molar-refractivity contribution in [2.75, 3.05) is 7.11 Å². The highest BCUT2D eigenvalue weighted by molar-refractivity contribution is 5.97. The van der Waals surface area contributed by atoms with Gasteiger partial charge < -0.3 is 4.74 Å². The second-order valence-corrected chi connectivity index (χ2v) is 4.32. The molecule has 1 aliphatic carbocycles. The summed E-state index contributed by atoms with van der Waals surface area (Å²) in [6, 6.07) is 0. The number of ketones is 1. The van der Waals surface area contributed by atoms with Gasteiger partial charge in [-0.3, -0.25) is 9.59 Å². The fraction of sp³-hybridized carbons (Fsp3) is 0.692. The summed E-state index contributed by atoms with van der Waals surface area (Å²) in [5.41, 5.74) is 2.26. The molecular weight excluding hydrogens is 204 g/mol. The fourth-order valence-corrected chi connectivity index (χ4v) is 2.08. The van der Waals surface area contributed by atoms with E-state index in [9.17, 15) is 9.59 Å². The van der Waals surface area contributed by atoms with Crippen molar-refractivity contribution in [2.45, 2.75) is 51.9 Å². The van der Waals surface area contributed by atoms with Gasteiger partial charge in [0.25, 0.3) is 0 Å². The topological polar surface area (TPSA) is 43.4 Å². The summed E-state index contributed by atoms with van der Waals surface area (Å²) in [5, 5.41) is 0. The van der Waals surface area contributed by atoms with Crippen LogP contribution < -0.4 is 0 Å². The quantitative estimate of drug-likeness (QED) is 0.410. The van der Waals surface area contributed by atoms with Crippen LogP contribution in [0.2, 0.25) is 0 Å². The Morgan fingerprint density at radius 2 is 1.94 bits per heavy atom. The van der Waals surface area contributed by atoms with Crippen molar-refractivity contribution in [3.63, 3.8) is 0 Å². The first-order chi connectivity index (χ1) is 7.65. The molecule has 3 nitrogen and oxygen atoms in total. The van der Waals surface area contributed by atoms with Crippen LogP contribution in [0.25, 0.3) is 0 Å². The van der Waals surface area contributed by atoms with Gasteiger partial charge in [-0.15, -0.1) is 0 Å². The zero-order valence-corrected chi connectivity index (χ0v) is 10.2. The third-order valence-corrected chi connectivity index (χ3v) is 3.09. The Morgan fingerprint density at radius 1 is 1.25 bits per heavy atom. The lowest BCUT2D eigenvalue weighted by molar-refractivity contribution is -0.140. The molecule has 0 aliphatic heterocycles. The maximum absolute atomic E-state index is 11.5. The van der Waals surface area contributed by atoms with E-state index in [0.29, 0.717) is 12.2 Å². The maximum atomic E-state index is 11.5. The average molecular weight is 224 g/mol. The Labute approximate surface area is 96.9 Å². The first-order valence-electron chi connectivity index (χ1n) is 5.93. The fourth-order valence-electron chi connectivity index (χ4n) is 2.08. The summed E-state index contributed by atoms with van der Waals surface area (Å²) in [7, 11) is 1.41. The van der Waals surface area contributed by atoms with Crippen molar-refractivity contribution in [2.24, 2.45) is 0 Å². The molecule has 0 saturated heterocycles. The minimum atomic E-state index is -0.151. The molecule has 0 amide bonds. The summed E-state index contributed by atoms with van der Waals surface area (Å²) in [6.07, 6.45) is 5.87. The van der Waals surface area contributed by atoms with Gasteiger partial charge in [-0.25, -0.2) is 0 Å². The van der Waals surface area contributed by atoms with Crippen molar-refractivity contribution < 1.29 is 14.3 Å². The predicted octanol–water partition coefficient (Wildman–Crippen LogP) is 2.79.